The van der Waals surface area contributed by atoms with Crippen LogP contribution < -0.4 is 5.73 Å². The minimum Gasteiger partial charge on any atom is -0.383 e. The average molecular weight is 237 g/mol. The number of aromatic nitrogens is 1. The normalized spacial score (nSPS) is 11.9. The summed E-state index contributed by atoms with van der Waals surface area (Å²) in [5.41, 5.74) is 8.64. The zero-order chi connectivity index (χ0) is 12.3. The van der Waals surface area contributed by atoms with E-state index < -0.39 is 0 Å². The summed E-state index contributed by atoms with van der Waals surface area (Å²) in [5.74, 6) is 0.838. The quantitative estimate of drug-likeness (QED) is 0.866. The van der Waals surface area contributed by atoms with Gasteiger partial charge >= 0.3 is 0 Å². The fourth-order valence-corrected chi connectivity index (χ4v) is 1.48. The number of nitrogen functional groups attached to an aromatic ring is 1. The number of rotatable bonds is 3. The first-order chi connectivity index (χ1) is 7.47. The Labute approximate surface area is 102 Å². The van der Waals surface area contributed by atoms with Crippen molar-refractivity contribution in [2.24, 2.45) is 5.92 Å². The van der Waals surface area contributed by atoms with Gasteiger partial charge in [0.1, 0.15) is 5.82 Å². The van der Waals surface area contributed by atoms with Gasteiger partial charge in [-0.1, -0.05) is 38.1 Å². The Morgan fingerprint density at radius 3 is 2.69 bits per heavy atom. The molecule has 0 saturated heterocycles. The molecule has 1 rings (SSSR count). The Morgan fingerprint density at radius 2 is 2.19 bits per heavy atom. The van der Waals surface area contributed by atoms with Crippen molar-refractivity contribution in [2.75, 3.05) is 5.73 Å². The predicted molar refractivity (Wildman–Crippen MR) is 72.1 cm³/mol. The number of anilines is 1. The number of nitrogens with two attached hydrogens (primary N) is 1. The summed E-state index contributed by atoms with van der Waals surface area (Å²) in [6.45, 7) is 9.81. The molecule has 1 aromatic heterocycles. The molecule has 2 N–H and O–H groups in total. The van der Waals surface area contributed by atoms with Crippen LogP contribution in [-0.2, 0) is 0 Å². The van der Waals surface area contributed by atoms with Crippen LogP contribution in [0.5, 0.6) is 0 Å². The second-order valence-corrected chi connectivity index (χ2v) is 4.46. The molecule has 0 spiro atoms. The molecule has 2 nitrogen and oxygen atoms in total. The van der Waals surface area contributed by atoms with Crippen molar-refractivity contribution in [1.82, 2.24) is 4.98 Å². The number of hydrogen-bond acceptors (Lipinski definition) is 2. The zero-order valence-electron chi connectivity index (χ0n) is 9.92. The second kappa shape index (κ2) is 5.17. The van der Waals surface area contributed by atoms with E-state index in [-0.39, 0.29) is 0 Å². The third-order valence-corrected chi connectivity index (χ3v) is 3.04. The SMILES string of the molecule is C=Cc1c(/C=C(/Cl)C(C)C)cnc(N)c1C. The molecule has 0 aliphatic rings. The van der Waals surface area contributed by atoms with Crippen molar-refractivity contribution in [3.63, 3.8) is 0 Å². The first-order valence-electron chi connectivity index (χ1n) is 5.22. The predicted octanol–water partition coefficient (Wildman–Crippen LogP) is 3.85. The Balaban J connectivity index is 3.30. The highest BCUT2D eigenvalue weighted by molar-refractivity contribution is 6.31. The van der Waals surface area contributed by atoms with E-state index in [1.807, 2.05) is 26.8 Å². The summed E-state index contributed by atoms with van der Waals surface area (Å²) >= 11 is 6.14. The summed E-state index contributed by atoms with van der Waals surface area (Å²) in [4.78, 5) is 4.13. The molecule has 0 radical (unpaired) electrons. The van der Waals surface area contributed by atoms with Crippen LogP contribution >= 0.6 is 11.6 Å². The minimum absolute atomic E-state index is 0.303. The van der Waals surface area contributed by atoms with E-state index in [0.717, 1.165) is 21.7 Å². The molecule has 0 atom stereocenters. The van der Waals surface area contributed by atoms with E-state index >= 15 is 0 Å². The van der Waals surface area contributed by atoms with Gasteiger partial charge in [-0.3, -0.25) is 0 Å². The van der Waals surface area contributed by atoms with E-state index in [4.69, 9.17) is 17.3 Å². The molecule has 0 amide bonds. The fraction of sp³-hybridized carbons (Fsp3) is 0.308. The largest absolute Gasteiger partial charge is 0.383 e. The van der Waals surface area contributed by atoms with Gasteiger partial charge < -0.3 is 5.73 Å². The van der Waals surface area contributed by atoms with Crippen LogP contribution in [0.1, 0.15) is 30.5 Å². The van der Waals surface area contributed by atoms with Crippen LogP contribution in [0.25, 0.3) is 12.2 Å². The smallest absolute Gasteiger partial charge is 0.126 e. The van der Waals surface area contributed by atoms with Gasteiger partial charge in [-0.05, 0) is 30.0 Å². The maximum absolute atomic E-state index is 6.14. The molecule has 1 aromatic rings. The molecular formula is C13H17ClN2. The van der Waals surface area contributed by atoms with Gasteiger partial charge in [-0.2, -0.15) is 0 Å². The molecule has 0 aromatic carbocycles. The lowest BCUT2D eigenvalue weighted by atomic mass is 10.0. The topological polar surface area (TPSA) is 38.9 Å². The van der Waals surface area contributed by atoms with Crippen molar-refractivity contribution in [3.8, 4) is 0 Å². The molecule has 0 unspecified atom stereocenters. The van der Waals surface area contributed by atoms with Gasteiger partial charge in [0.15, 0.2) is 0 Å². The summed E-state index contributed by atoms with van der Waals surface area (Å²) in [5, 5.41) is 0.800. The van der Waals surface area contributed by atoms with E-state index in [1.54, 1.807) is 12.3 Å². The Bertz CT molecular complexity index is 434. The first-order valence-corrected chi connectivity index (χ1v) is 5.59. The van der Waals surface area contributed by atoms with Crippen molar-refractivity contribution in [3.05, 3.63) is 34.5 Å². The second-order valence-electron chi connectivity index (χ2n) is 4.03. The maximum atomic E-state index is 6.14. The Hall–Kier alpha value is -1.28. The van der Waals surface area contributed by atoms with Crippen LogP contribution in [0.3, 0.4) is 0 Å². The summed E-state index contributed by atoms with van der Waals surface area (Å²) in [6.07, 6.45) is 5.43. The lowest BCUT2D eigenvalue weighted by Crippen LogP contribution is -1.98. The molecular weight excluding hydrogens is 220 g/mol. The van der Waals surface area contributed by atoms with Crippen LogP contribution in [0, 0.1) is 12.8 Å². The molecule has 3 heteroatoms. The zero-order valence-corrected chi connectivity index (χ0v) is 10.7. The lowest BCUT2D eigenvalue weighted by Gasteiger charge is -2.09. The molecule has 0 saturated carbocycles. The molecule has 0 aliphatic heterocycles. The van der Waals surface area contributed by atoms with Gasteiger partial charge in [0.2, 0.25) is 0 Å². The van der Waals surface area contributed by atoms with Gasteiger partial charge in [-0.25, -0.2) is 4.98 Å². The maximum Gasteiger partial charge on any atom is 0.126 e. The highest BCUT2D eigenvalue weighted by Crippen LogP contribution is 2.24. The summed E-state index contributed by atoms with van der Waals surface area (Å²) < 4.78 is 0. The first kappa shape index (κ1) is 12.8. The summed E-state index contributed by atoms with van der Waals surface area (Å²) in [6, 6.07) is 0. The van der Waals surface area contributed by atoms with Crippen LogP contribution in [0.15, 0.2) is 17.8 Å². The molecule has 16 heavy (non-hydrogen) atoms. The Kier molecular flexibility index (Phi) is 4.13. The lowest BCUT2D eigenvalue weighted by molar-refractivity contribution is 0.818. The van der Waals surface area contributed by atoms with Gasteiger partial charge in [-0.15, -0.1) is 0 Å². The van der Waals surface area contributed by atoms with Crippen LogP contribution in [0.4, 0.5) is 5.82 Å². The molecule has 0 aliphatic carbocycles. The standard InChI is InChI=1S/C13H17ClN2/c1-5-11-9(4)13(15)16-7-10(11)6-12(14)8(2)3/h5-8H,1H2,2-4H3,(H2,15,16)/b12-6+. The van der Waals surface area contributed by atoms with E-state index in [2.05, 4.69) is 11.6 Å². The van der Waals surface area contributed by atoms with Gasteiger partial charge in [0.05, 0.1) is 0 Å². The number of pyridine rings is 1. The third kappa shape index (κ3) is 2.64. The average Bonchev–Trinajstić information content (AvgIpc) is 2.23. The minimum atomic E-state index is 0.303. The van der Waals surface area contributed by atoms with Crippen molar-refractivity contribution in [1.29, 1.82) is 0 Å². The molecule has 0 bridgehead atoms. The highest BCUT2D eigenvalue weighted by Gasteiger charge is 2.07. The van der Waals surface area contributed by atoms with E-state index in [1.165, 1.54) is 0 Å². The number of halogens is 1. The third-order valence-electron chi connectivity index (χ3n) is 2.49. The molecule has 0 fully saturated rings. The number of allylic oxidation sites excluding steroid dienone is 1. The number of hydrogen-bond donors (Lipinski definition) is 1. The molecule has 1 heterocycles. The van der Waals surface area contributed by atoms with Crippen LogP contribution in [0.2, 0.25) is 0 Å². The number of nitrogens with zero attached hydrogens (tertiary/aromatic N) is 1. The highest BCUT2D eigenvalue weighted by atomic mass is 35.5. The fourth-order valence-electron chi connectivity index (χ4n) is 1.36. The van der Waals surface area contributed by atoms with Crippen molar-refractivity contribution in [2.45, 2.75) is 20.8 Å². The summed E-state index contributed by atoms with van der Waals surface area (Å²) in [7, 11) is 0. The van der Waals surface area contributed by atoms with Gasteiger partial charge in [0.25, 0.3) is 0 Å². The molecule has 86 valence electrons. The Morgan fingerprint density at radius 1 is 1.56 bits per heavy atom. The van der Waals surface area contributed by atoms with E-state index in [0.29, 0.717) is 11.7 Å². The van der Waals surface area contributed by atoms with E-state index in [9.17, 15) is 0 Å². The van der Waals surface area contributed by atoms with Crippen molar-refractivity contribution < 1.29 is 0 Å². The van der Waals surface area contributed by atoms with Crippen LogP contribution in [-0.4, -0.2) is 4.98 Å². The van der Waals surface area contributed by atoms with Crippen molar-refractivity contribution >= 4 is 29.6 Å². The monoisotopic (exact) mass is 236 g/mol. The van der Waals surface area contributed by atoms with Gasteiger partial charge in [0, 0.05) is 16.8 Å².